The number of fused-ring (bicyclic) bond motifs is 1. The van der Waals surface area contributed by atoms with E-state index in [0.717, 1.165) is 4.90 Å². The van der Waals surface area contributed by atoms with Gasteiger partial charge in [-0.1, -0.05) is 22.0 Å². The first kappa shape index (κ1) is 13.4. The number of imide groups is 1. The molecule has 6 nitrogen and oxygen atoms in total. The second-order valence-electron chi connectivity index (χ2n) is 4.41. The summed E-state index contributed by atoms with van der Waals surface area (Å²) in [7, 11) is 0. The van der Waals surface area contributed by atoms with Crippen LogP contribution in [0, 0.1) is 10.1 Å². The van der Waals surface area contributed by atoms with Gasteiger partial charge < -0.3 is 0 Å². The van der Waals surface area contributed by atoms with Crippen LogP contribution in [0.4, 0.5) is 11.4 Å². The predicted molar refractivity (Wildman–Crippen MR) is 78.4 cm³/mol. The number of anilines is 1. The number of rotatable bonds is 2. The molecule has 0 aromatic heterocycles. The van der Waals surface area contributed by atoms with Crippen molar-refractivity contribution in [1.29, 1.82) is 0 Å². The Kier molecular flexibility index (Phi) is 3.06. The van der Waals surface area contributed by atoms with Gasteiger partial charge in [-0.15, -0.1) is 0 Å². The van der Waals surface area contributed by atoms with Gasteiger partial charge >= 0.3 is 0 Å². The summed E-state index contributed by atoms with van der Waals surface area (Å²) in [5.74, 6) is -0.972. The highest BCUT2D eigenvalue weighted by Gasteiger charge is 2.37. The fraction of sp³-hybridized carbons (Fsp3) is 0. The number of halogens is 1. The predicted octanol–water partition coefficient (Wildman–Crippen LogP) is 3.16. The van der Waals surface area contributed by atoms with Crippen molar-refractivity contribution in [3.8, 4) is 0 Å². The molecule has 0 fully saturated rings. The maximum atomic E-state index is 12.4. The molecule has 7 heteroatoms. The molecule has 2 amide bonds. The van der Waals surface area contributed by atoms with E-state index in [1.807, 2.05) is 0 Å². The van der Waals surface area contributed by atoms with Crippen molar-refractivity contribution in [3.63, 3.8) is 0 Å². The normalized spacial score (nSPS) is 13.5. The monoisotopic (exact) mass is 346 g/mol. The van der Waals surface area contributed by atoms with Crippen LogP contribution >= 0.6 is 15.9 Å². The van der Waals surface area contributed by atoms with Crippen molar-refractivity contribution in [2.45, 2.75) is 0 Å². The van der Waals surface area contributed by atoms with Gasteiger partial charge in [0.25, 0.3) is 17.5 Å². The Morgan fingerprint density at radius 1 is 1.00 bits per heavy atom. The fourth-order valence-corrected chi connectivity index (χ4v) is 2.55. The largest absolute Gasteiger partial charge is 0.271 e. The summed E-state index contributed by atoms with van der Waals surface area (Å²) in [4.78, 5) is 35.9. The van der Waals surface area contributed by atoms with Crippen molar-refractivity contribution >= 4 is 39.1 Å². The molecule has 2 aromatic carbocycles. The van der Waals surface area contributed by atoms with Crippen molar-refractivity contribution in [3.05, 3.63) is 68.2 Å². The number of nitro groups is 1. The lowest BCUT2D eigenvalue weighted by Crippen LogP contribution is -2.29. The highest BCUT2D eigenvalue weighted by Crippen LogP contribution is 2.31. The summed E-state index contributed by atoms with van der Waals surface area (Å²) >= 11 is 3.25. The molecular formula is C14H7BrN2O4. The molecule has 2 aromatic rings. The summed E-state index contributed by atoms with van der Waals surface area (Å²) in [5, 5.41) is 10.8. The molecule has 0 N–H and O–H groups in total. The minimum Gasteiger partial charge on any atom is -0.268 e. The van der Waals surface area contributed by atoms with Gasteiger partial charge in [-0.3, -0.25) is 19.7 Å². The molecule has 1 aliphatic heterocycles. The summed E-state index contributed by atoms with van der Waals surface area (Å²) in [6.45, 7) is 0. The number of nitrogens with zero attached hydrogens (tertiary/aromatic N) is 2. The van der Waals surface area contributed by atoms with Crippen LogP contribution in [-0.2, 0) is 0 Å². The molecular weight excluding hydrogens is 340 g/mol. The molecule has 1 aliphatic rings. The molecule has 21 heavy (non-hydrogen) atoms. The lowest BCUT2D eigenvalue weighted by Gasteiger charge is -2.13. The topological polar surface area (TPSA) is 80.5 Å². The van der Waals surface area contributed by atoms with E-state index >= 15 is 0 Å². The summed E-state index contributed by atoms with van der Waals surface area (Å²) in [5.41, 5.74) is 0.576. The lowest BCUT2D eigenvalue weighted by molar-refractivity contribution is -0.384. The summed E-state index contributed by atoms with van der Waals surface area (Å²) in [6, 6.07) is 10.2. The van der Waals surface area contributed by atoms with Gasteiger partial charge in [0, 0.05) is 16.6 Å². The first-order valence-corrected chi connectivity index (χ1v) is 6.71. The Balaban J connectivity index is 2.10. The van der Waals surface area contributed by atoms with Crippen molar-refractivity contribution < 1.29 is 14.5 Å². The number of nitro benzene ring substituents is 1. The van der Waals surface area contributed by atoms with Crippen LogP contribution in [0.25, 0.3) is 0 Å². The highest BCUT2D eigenvalue weighted by atomic mass is 79.9. The number of carbonyl (C=O) groups excluding carboxylic acids is 2. The first-order chi connectivity index (χ1) is 9.99. The number of non-ortho nitro benzene ring substituents is 1. The highest BCUT2D eigenvalue weighted by molar-refractivity contribution is 9.10. The van der Waals surface area contributed by atoms with E-state index in [1.54, 1.807) is 18.2 Å². The smallest absolute Gasteiger partial charge is 0.268 e. The molecule has 1 heterocycles. The summed E-state index contributed by atoms with van der Waals surface area (Å²) < 4.78 is 0.684. The second-order valence-corrected chi connectivity index (χ2v) is 5.33. The minimum atomic E-state index is -0.571. The van der Waals surface area contributed by atoms with Gasteiger partial charge in [0.1, 0.15) is 0 Å². The van der Waals surface area contributed by atoms with Gasteiger partial charge in [0.2, 0.25) is 0 Å². The van der Waals surface area contributed by atoms with Crippen molar-refractivity contribution in [1.82, 2.24) is 0 Å². The van der Waals surface area contributed by atoms with E-state index in [2.05, 4.69) is 15.9 Å². The maximum absolute atomic E-state index is 12.4. The van der Waals surface area contributed by atoms with E-state index in [1.165, 1.54) is 24.3 Å². The average molecular weight is 347 g/mol. The Morgan fingerprint density at radius 2 is 1.71 bits per heavy atom. The van der Waals surface area contributed by atoms with E-state index in [0.29, 0.717) is 4.47 Å². The third-order valence-corrected chi connectivity index (χ3v) is 3.64. The Morgan fingerprint density at radius 3 is 2.43 bits per heavy atom. The first-order valence-electron chi connectivity index (χ1n) is 5.92. The molecule has 0 bridgehead atoms. The van der Waals surface area contributed by atoms with Gasteiger partial charge in [0.15, 0.2) is 0 Å². The second kappa shape index (κ2) is 4.78. The zero-order chi connectivity index (χ0) is 15.1. The van der Waals surface area contributed by atoms with Gasteiger partial charge in [0.05, 0.1) is 21.7 Å². The Hall–Kier alpha value is -2.54. The Bertz CT molecular complexity index is 803. The molecule has 0 radical (unpaired) electrons. The molecule has 0 aliphatic carbocycles. The van der Waals surface area contributed by atoms with E-state index in [9.17, 15) is 19.7 Å². The zero-order valence-electron chi connectivity index (χ0n) is 10.4. The number of benzene rings is 2. The fourth-order valence-electron chi connectivity index (χ4n) is 2.19. The quantitative estimate of drug-likeness (QED) is 0.475. The third-order valence-electron chi connectivity index (χ3n) is 3.15. The zero-order valence-corrected chi connectivity index (χ0v) is 12.0. The van der Waals surface area contributed by atoms with Crippen LogP contribution in [-0.4, -0.2) is 16.7 Å². The van der Waals surface area contributed by atoms with Crippen LogP contribution in [0.5, 0.6) is 0 Å². The molecule has 0 atom stereocenters. The van der Waals surface area contributed by atoms with Gasteiger partial charge in [-0.2, -0.15) is 0 Å². The average Bonchev–Trinajstić information content (AvgIpc) is 2.70. The molecule has 3 rings (SSSR count). The van der Waals surface area contributed by atoms with Crippen LogP contribution in [0.15, 0.2) is 46.9 Å². The summed E-state index contributed by atoms with van der Waals surface area (Å²) in [6.07, 6.45) is 0. The Labute approximate surface area is 127 Å². The van der Waals surface area contributed by atoms with Crippen LogP contribution in [0.2, 0.25) is 0 Å². The van der Waals surface area contributed by atoms with Gasteiger partial charge in [-0.25, -0.2) is 4.90 Å². The van der Waals surface area contributed by atoms with E-state index < -0.39 is 16.7 Å². The van der Waals surface area contributed by atoms with Gasteiger partial charge in [-0.05, 0) is 24.3 Å². The maximum Gasteiger partial charge on any atom is 0.271 e. The number of amides is 2. The third kappa shape index (κ3) is 2.11. The number of hydrogen-bond acceptors (Lipinski definition) is 4. The van der Waals surface area contributed by atoms with Crippen LogP contribution < -0.4 is 4.90 Å². The minimum absolute atomic E-state index is 0.176. The van der Waals surface area contributed by atoms with E-state index in [-0.39, 0.29) is 22.5 Å². The molecule has 0 spiro atoms. The number of hydrogen-bond donors (Lipinski definition) is 0. The van der Waals surface area contributed by atoms with Crippen LogP contribution in [0.3, 0.4) is 0 Å². The van der Waals surface area contributed by atoms with E-state index in [4.69, 9.17) is 0 Å². The molecule has 104 valence electrons. The molecule has 0 saturated carbocycles. The number of carbonyl (C=O) groups is 2. The standard InChI is InChI=1S/C14H7BrN2O4/c15-8-4-5-11-12(6-8)14(19)16(13(11)18)9-2-1-3-10(7-9)17(20)21/h1-7H. The lowest BCUT2D eigenvalue weighted by atomic mass is 10.1. The molecule has 0 unspecified atom stereocenters. The van der Waals surface area contributed by atoms with Crippen molar-refractivity contribution in [2.75, 3.05) is 4.90 Å². The van der Waals surface area contributed by atoms with Crippen LogP contribution in [0.1, 0.15) is 20.7 Å². The SMILES string of the molecule is O=C1c2ccc(Br)cc2C(=O)N1c1cccc([N+](=O)[O-])c1. The molecule has 0 saturated heterocycles. The van der Waals surface area contributed by atoms with Crippen molar-refractivity contribution in [2.24, 2.45) is 0 Å².